The zero-order valence-electron chi connectivity index (χ0n) is 18.0. The van der Waals surface area contributed by atoms with Gasteiger partial charge in [0.15, 0.2) is 0 Å². The van der Waals surface area contributed by atoms with Gasteiger partial charge >= 0.3 is 0 Å². The Labute approximate surface area is 180 Å². The Morgan fingerprint density at radius 1 is 1.06 bits per heavy atom. The number of amides is 2. The van der Waals surface area contributed by atoms with Gasteiger partial charge < -0.3 is 10.1 Å². The molecule has 1 aliphatic rings. The Hall–Kier alpha value is -3.52. The summed E-state index contributed by atoms with van der Waals surface area (Å²) in [7, 11) is 0. The van der Waals surface area contributed by atoms with Crippen LogP contribution in [0.3, 0.4) is 0 Å². The summed E-state index contributed by atoms with van der Waals surface area (Å²) in [5.41, 5.74) is 3.32. The number of anilines is 1. The molecule has 2 aromatic rings. The van der Waals surface area contributed by atoms with Gasteiger partial charge in [-0.15, -0.1) is 0 Å². The number of nitro groups is 1. The van der Waals surface area contributed by atoms with Crippen LogP contribution in [0, 0.1) is 24.0 Å². The number of carbonyl (C=O) groups is 2. The van der Waals surface area contributed by atoms with E-state index in [2.05, 4.69) is 5.32 Å². The molecule has 1 heterocycles. The molecular weight excluding hydrogens is 398 g/mol. The fourth-order valence-electron chi connectivity index (χ4n) is 3.30. The van der Waals surface area contributed by atoms with Crippen molar-refractivity contribution in [2.45, 2.75) is 33.8 Å². The molecule has 0 aromatic heterocycles. The Morgan fingerprint density at radius 2 is 1.74 bits per heavy atom. The highest BCUT2D eigenvalue weighted by Gasteiger charge is 2.39. The van der Waals surface area contributed by atoms with Crippen molar-refractivity contribution < 1.29 is 19.2 Å². The molecule has 0 saturated heterocycles. The van der Waals surface area contributed by atoms with Gasteiger partial charge in [-0.25, -0.2) is 0 Å². The molecular formula is C23H25N3O5. The Morgan fingerprint density at radius 3 is 2.35 bits per heavy atom. The molecule has 31 heavy (non-hydrogen) atoms. The second kappa shape index (κ2) is 9.09. The lowest BCUT2D eigenvalue weighted by Crippen LogP contribution is -2.35. The molecule has 1 N–H and O–H groups in total. The smallest absolute Gasteiger partial charge is 0.278 e. The lowest BCUT2D eigenvalue weighted by atomic mass is 10.0. The molecule has 0 unspecified atom stereocenters. The summed E-state index contributed by atoms with van der Waals surface area (Å²) >= 11 is 0. The van der Waals surface area contributed by atoms with E-state index in [9.17, 15) is 19.7 Å². The lowest BCUT2D eigenvalue weighted by molar-refractivity contribution is -0.384. The van der Waals surface area contributed by atoms with E-state index in [4.69, 9.17) is 4.74 Å². The van der Waals surface area contributed by atoms with Gasteiger partial charge in [0.2, 0.25) is 0 Å². The Kier molecular flexibility index (Phi) is 6.50. The number of hydrogen-bond acceptors (Lipinski definition) is 6. The van der Waals surface area contributed by atoms with Crippen molar-refractivity contribution in [3.8, 4) is 0 Å². The molecule has 0 aliphatic carbocycles. The molecule has 8 heteroatoms. The van der Waals surface area contributed by atoms with E-state index < -0.39 is 16.7 Å². The molecule has 8 nitrogen and oxygen atoms in total. The number of rotatable bonds is 8. The van der Waals surface area contributed by atoms with Crippen LogP contribution < -0.4 is 5.32 Å². The van der Waals surface area contributed by atoms with E-state index in [1.807, 2.05) is 45.9 Å². The first-order valence-corrected chi connectivity index (χ1v) is 10.00. The number of nitrogens with one attached hydrogen (secondary N) is 1. The third-order valence-electron chi connectivity index (χ3n) is 4.95. The summed E-state index contributed by atoms with van der Waals surface area (Å²) in [5.74, 6) is -0.911. The third kappa shape index (κ3) is 4.80. The number of aryl methyl sites for hydroxylation is 2. The summed E-state index contributed by atoms with van der Waals surface area (Å²) in [5, 5.41) is 14.1. The average molecular weight is 423 g/mol. The van der Waals surface area contributed by atoms with Crippen molar-refractivity contribution in [1.29, 1.82) is 0 Å². The summed E-state index contributed by atoms with van der Waals surface area (Å²) in [6, 6.07) is 11.4. The fraction of sp³-hybridized carbons (Fsp3) is 0.304. The molecule has 0 spiro atoms. The predicted molar refractivity (Wildman–Crippen MR) is 117 cm³/mol. The van der Waals surface area contributed by atoms with Crippen molar-refractivity contribution in [3.05, 3.63) is 75.0 Å². The van der Waals surface area contributed by atoms with Gasteiger partial charge in [-0.1, -0.05) is 12.1 Å². The maximum atomic E-state index is 13.2. The molecule has 3 rings (SSSR count). The van der Waals surface area contributed by atoms with Gasteiger partial charge in [0.25, 0.3) is 17.5 Å². The van der Waals surface area contributed by atoms with Crippen LogP contribution >= 0.6 is 0 Å². The molecule has 0 fully saturated rings. The van der Waals surface area contributed by atoms with Crippen molar-refractivity contribution in [1.82, 2.24) is 4.90 Å². The fourth-order valence-corrected chi connectivity index (χ4v) is 3.30. The highest BCUT2D eigenvalue weighted by molar-refractivity contribution is 6.36. The van der Waals surface area contributed by atoms with Gasteiger partial charge in [0.05, 0.1) is 29.8 Å². The summed E-state index contributed by atoms with van der Waals surface area (Å²) < 4.78 is 5.51. The molecule has 1 aliphatic heterocycles. The number of nitro benzene ring substituents is 1. The van der Waals surface area contributed by atoms with Gasteiger partial charge in [0, 0.05) is 17.8 Å². The zero-order valence-corrected chi connectivity index (χ0v) is 18.0. The Bertz CT molecular complexity index is 1060. The van der Waals surface area contributed by atoms with Crippen LogP contribution in [0.15, 0.2) is 48.2 Å². The predicted octanol–water partition coefficient (Wildman–Crippen LogP) is 3.83. The van der Waals surface area contributed by atoms with Crippen LogP contribution in [0.4, 0.5) is 11.4 Å². The minimum atomic E-state index is -0.509. The van der Waals surface area contributed by atoms with Crippen LogP contribution in [0.5, 0.6) is 0 Å². The number of imide groups is 1. The molecule has 0 saturated carbocycles. The van der Waals surface area contributed by atoms with Crippen molar-refractivity contribution in [2.24, 2.45) is 0 Å². The summed E-state index contributed by atoms with van der Waals surface area (Å²) in [6.45, 7) is 7.93. The maximum absolute atomic E-state index is 13.2. The van der Waals surface area contributed by atoms with Crippen molar-refractivity contribution in [3.63, 3.8) is 0 Å². The van der Waals surface area contributed by atoms with Crippen molar-refractivity contribution in [2.75, 3.05) is 18.5 Å². The first-order chi connectivity index (χ1) is 14.7. The number of non-ortho nitro benzene ring substituents is 1. The zero-order chi connectivity index (χ0) is 22.7. The molecule has 0 bridgehead atoms. The quantitative estimate of drug-likeness (QED) is 0.393. The van der Waals surface area contributed by atoms with Crippen LogP contribution in [-0.2, 0) is 14.3 Å². The second-order valence-electron chi connectivity index (χ2n) is 7.68. The van der Waals surface area contributed by atoms with E-state index in [-0.39, 0.29) is 36.2 Å². The SMILES string of the molecule is Cc1ccc(C)c(NC2=C(c3ccc([N+](=O)[O-])cc3)C(=O)N(CCOC(C)C)C2=O)c1. The number of ether oxygens (including phenoxy) is 1. The van der Waals surface area contributed by atoms with Crippen LogP contribution in [0.25, 0.3) is 5.57 Å². The van der Waals surface area contributed by atoms with E-state index in [1.54, 1.807) is 0 Å². The van der Waals surface area contributed by atoms with E-state index >= 15 is 0 Å². The number of carbonyl (C=O) groups excluding carboxylic acids is 2. The standard InChI is InChI=1S/C23H25N3O5/c1-14(2)31-12-11-25-22(27)20(17-7-9-18(10-8-17)26(29)30)21(23(25)28)24-19-13-15(3)5-6-16(19)4/h5-10,13-14,24H,11-12H2,1-4H3. The van der Waals surface area contributed by atoms with Gasteiger partial charge in [-0.05, 0) is 62.6 Å². The number of nitrogens with zero attached hydrogens (tertiary/aromatic N) is 2. The van der Waals surface area contributed by atoms with Gasteiger partial charge in [-0.3, -0.25) is 24.6 Å². The first-order valence-electron chi connectivity index (χ1n) is 10.00. The lowest BCUT2D eigenvalue weighted by Gasteiger charge is -2.17. The van der Waals surface area contributed by atoms with E-state index in [1.165, 1.54) is 24.3 Å². The van der Waals surface area contributed by atoms with Crippen LogP contribution in [0.1, 0.15) is 30.5 Å². The third-order valence-corrected chi connectivity index (χ3v) is 4.95. The monoisotopic (exact) mass is 423 g/mol. The van der Waals surface area contributed by atoms with Crippen molar-refractivity contribution >= 4 is 28.8 Å². The largest absolute Gasteiger partial charge is 0.377 e. The average Bonchev–Trinajstić information content (AvgIpc) is 2.94. The number of hydrogen-bond donors (Lipinski definition) is 1. The summed E-state index contributed by atoms with van der Waals surface area (Å²) in [6.07, 6.45) is -0.0255. The molecule has 162 valence electrons. The first kappa shape index (κ1) is 22.2. The van der Waals surface area contributed by atoms with E-state index in [0.29, 0.717) is 5.56 Å². The maximum Gasteiger partial charge on any atom is 0.278 e. The van der Waals surface area contributed by atoms with Crippen LogP contribution in [-0.4, -0.2) is 40.9 Å². The topological polar surface area (TPSA) is 102 Å². The van der Waals surface area contributed by atoms with E-state index in [0.717, 1.165) is 21.7 Å². The van der Waals surface area contributed by atoms with Gasteiger partial charge in [-0.2, -0.15) is 0 Å². The minimum Gasteiger partial charge on any atom is -0.377 e. The highest BCUT2D eigenvalue weighted by atomic mass is 16.6. The molecule has 2 aromatic carbocycles. The second-order valence-corrected chi connectivity index (χ2v) is 7.68. The van der Waals surface area contributed by atoms with Crippen LogP contribution in [0.2, 0.25) is 0 Å². The highest BCUT2D eigenvalue weighted by Crippen LogP contribution is 2.32. The normalized spacial score (nSPS) is 14.0. The minimum absolute atomic E-state index is 0.0255. The molecule has 0 atom stereocenters. The molecule has 2 amide bonds. The number of benzene rings is 2. The Balaban J connectivity index is 2.01. The molecule has 0 radical (unpaired) electrons. The van der Waals surface area contributed by atoms with Gasteiger partial charge in [0.1, 0.15) is 5.70 Å². The summed E-state index contributed by atoms with van der Waals surface area (Å²) in [4.78, 5) is 38.0.